The second kappa shape index (κ2) is 10.7. The third-order valence-corrected chi connectivity index (χ3v) is 4.78. The predicted octanol–water partition coefficient (Wildman–Crippen LogP) is 3.94. The normalized spacial score (nSPS) is 20.3. The van der Waals surface area contributed by atoms with E-state index in [0.29, 0.717) is 24.7 Å². The molecule has 0 unspecified atom stereocenters. The van der Waals surface area contributed by atoms with Gasteiger partial charge in [-0.1, -0.05) is 6.07 Å². The molecule has 1 aromatic carbocycles. The molecular formula is C17H24Cl2F4N2O2. The van der Waals surface area contributed by atoms with E-state index >= 15 is 0 Å². The Bertz CT molecular complexity index is 563. The number of rotatable bonds is 4. The number of halogens is 6. The van der Waals surface area contributed by atoms with E-state index in [1.54, 1.807) is 6.07 Å². The van der Waals surface area contributed by atoms with Crippen molar-refractivity contribution in [2.24, 2.45) is 5.92 Å². The number of hydrogen-bond donors (Lipinski definition) is 1. The first-order valence-electron chi connectivity index (χ1n) is 8.52. The van der Waals surface area contributed by atoms with E-state index in [4.69, 9.17) is 4.74 Å². The lowest BCUT2D eigenvalue weighted by atomic mass is 9.85. The first-order valence-corrected chi connectivity index (χ1v) is 8.52. The van der Waals surface area contributed by atoms with Gasteiger partial charge in [-0.2, -0.15) is 0 Å². The highest BCUT2D eigenvalue weighted by Crippen LogP contribution is 2.37. The van der Waals surface area contributed by atoms with Gasteiger partial charge in [0.25, 0.3) is 0 Å². The lowest BCUT2D eigenvalue weighted by molar-refractivity contribution is -0.275. The second-order valence-corrected chi connectivity index (χ2v) is 6.42. The molecule has 1 aromatic rings. The van der Waals surface area contributed by atoms with Crippen molar-refractivity contribution in [2.75, 3.05) is 39.4 Å². The Labute approximate surface area is 168 Å². The smallest absolute Gasteiger partial charge is 0.403 e. The first-order chi connectivity index (χ1) is 11.9. The highest BCUT2D eigenvalue weighted by molar-refractivity contribution is 5.85. The third-order valence-electron chi connectivity index (χ3n) is 4.78. The zero-order valence-electron chi connectivity index (χ0n) is 14.6. The van der Waals surface area contributed by atoms with Crippen LogP contribution in [-0.4, -0.2) is 50.7 Å². The molecule has 2 heterocycles. The van der Waals surface area contributed by atoms with Crippen LogP contribution in [0.1, 0.15) is 24.4 Å². The van der Waals surface area contributed by atoms with Crippen molar-refractivity contribution in [2.45, 2.75) is 25.2 Å². The third kappa shape index (κ3) is 6.64. The van der Waals surface area contributed by atoms with Crippen molar-refractivity contribution in [3.63, 3.8) is 0 Å². The Morgan fingerprint density at radius 1 is 1.11 bits per heavy atom. The lowest BCUT2D eigenvalue weighted by Gasteiger charge is -2.41. The maximum absolute atomic E-state index is 14.2. The van der Waals surface area contributed by atoms with Gasteiger partial charge in [0, 0.05) is 45.4 Å². The maximum Gasteiger partial charge on any atom is 0.573 e. The van der Waals surface area contributed by atoms with Crippen LogP contribution in [0.3, 0.4) is 0 Å². The second-order valence-electron chi connectivity index (χ2n) is 6.42. The monoisotopic (exact) mass is 434 g/mol. The van der Waals surface area contributed by atoms with E-state index in [0.717, 1.165) is 45.1 Å². The molecule has 1 atom stereocenters. The minimum Gasteiger partial charge on any atom is -0.403 e. The number of nitrogens with zero attached hydrogens (tertiary/aromatic N) is 1. The predicted molar refractivity (Wildman–Crippen MR) is 98.3 cm³/mol. The molecule has 27 heavy (non-hydrogen) atoms. The molecule has 2 aliphatic rings. The van der Waals surface area contributed by atoms with Gasteiger partial charge in [0.05, 0.1) is 0 Å². The fourth-order valence-corrected chi connectivity index (χ4v) is 3.68. The number of alkyl halides is 3. The van der Waals surface area contributed by atoms with Gasteiger partial charge in [0.2, 0.25) is 0 Å². The van der Waals surface area contributed by atoms with Gasteiger partial charge < -0.3 is 14.8 Å². The minimum absolute atomic E-state index is 0. The summed E-state index contributed by atoms with van der Waals surface area (Å²) in [4.78, 5) is 2.28. The highest BCUT2D eigenvalue weighted by atomic mass is 35.5. The Hall–Kier alpha value is -0.800. The van der Waals surface area contributed by atoms with Gasteiger partial charge in [-0.3, -0.25) is 4.90 Å². The van der Waals surface area contributed by atoms with Crippen LogP contribution in [0.2, 0.25) is 0 Å². The van der Waals surface area contributed by atoms with Crippen LogP contribution in [0.25, 0.3) is 0 Å². The van der Waals surface area contributed by atoms with Crippen LogP contribution < -0.4 is 10.1 Å². The summed E-state index contributed by atoms with van der Waals surface area (Å²) in [5.74, 6) is -1.48. The molecule has 0 saturated carbocycles. The van der Waals surface area contributed by atoms with Crippen LogP contribution in [-0.2, 0) is 4.74 Å². The molecule has 4 nitrogen and oxygen atoms in total. The zero-order valence-corrected chi connectivity index (χ0v) is 16.3. The van der Waals surface area contributed by atoms with E-state index in [1.807, 2.05) is 0 Å². The molecule has 0 amide bonds. The molecular weight excluding hydrogens is 411 g/mol. The van der Waals surface area contributed by atoms with Crippen molar-refractivity contribution in [1.29, 1.82) is 0 Å². The van der Waals surface area contributed by atoms with Crippen molar-refractivity contribution in [3.8, 4) is 5.75 Å². The van der Waals surface area contributed by atoms with Crippen molar-refractivity contribution in [3.05, 3.63) is 29.6 Å². The van der Waals surface area contributed by atoms with Crippen LogP contribution in [0.5, 0.6) is 5.75 Å². The van der Waals surface area contributed by atoms with E-state index < -0.39 is 17.9 Å². The average Bonchev–Trinajstić information content (AvgIpc) is 2.58. The summed E-state index contributed by atoms with van der Waals surface area (Å²) < 4.78 is 60.4. The molecule has 156 valence electrons. The van der Waals surface area contributed by atoms with Gasteiger partial charge in [-0.15, -0.1) is 38.0 Å². The van der Waals surface area contributed by atoms with Crippen molar-refractivity contribution < 1.29 is 27.0 Å². The summed E-state index contributed by atoms with van der Waals surface area (Å²) in [7, 11) is 0. The Morgan fingerprint density at radius 3 is 2.30 bits per heavy atom. The molecule has 10 heteroatoms. The molecule has 0 aliphatic carbocycles. The van der Waals surface area contributed by atoms with Crippen molar-refractivity contribution >= 4 is 24.8 Å². The maximum atomic E-state index is 14.2. The molecule has 0 aromatic heterocycles. The summed E-state index contributed by atoms with van der Waals surface area (Å²) in [6.07, 6.45) is -3.19. The van der Waals surface area contributed by atoms with E-state index in [2.05, 4.69) is 15.0 Å². The van der Waals surface area contributed by atoms with E-state index in [-0.39, 0.29) is 30.9 Å². The van der Waals surface area contributed by atoms with Gasteiger partial charge in [-0.25, -0.2) is 4.39 Å². The molecule has 1 N–H and O–H groups in total. The molecule has 3 rings (SSSR count). The Morgan fingerprint density at radius 2 is 1.74 bits per heavy atom. The largest absolute Gasteiger partial charge is 0.573 e. The Balaban J connectivity index is 0.00000182. The summed E-state index contributed by atoms with van der Waals surface area (Å²) in [5, 5.41) is 3.28. The molecule has 0 bridgehead atoms. The van der Waals surface area contributed by atoms with Crippen LogP contribution in [0.15, 0.2) is 18.2 Å². The molecule has 2 saturated heterocycles. The first kappa shape index (κ1) is 24.2. The van der Waals surface area contributed by atoms with Gasteiger partial charge in [0.1, 0.15) is 0 Å². The van der Waals surface area contributed by atoms with Gasteiger partial charge in [0.15, 0.2) is 11.6 Å². The fourth-order valence-electron chi connectivity index (χ4n) is 3.68. The number of nitrogens with one attached hydrogen (secondary N) is 1. The van der Waals surface area contributed by atoms with E-state index in [9.17, 15) is 17.6 Å². The quantitative estimate of drug-likeness (QED) is 0.727. The van der Waals surface area contributed by atoms with Crippen LogP contribution in [0.4, 0.5) is 17.6 Å². The van der Waals surface area contributed by atoms with Crippen molar-refractivity contribution in [1.82, 2.24) is 10.2 Å². The fraction of sp³-hybridized carbons (Fsp3) is 0.647. The minimum atomic E-state index is -4.90. The number of piperazine rings is 1. The van der Waals surface area contributed by atoms with Crippen LogP contribution in [0, 0.1) is 11.7 Å². The SMILES string of the molecule is Cl.Cl.Fc1cc([C@@H](C2CCOCC2)N2CCNCC2)ccc1OC(F)(F)F. The summed E-state index contributed by atoms with van der Waals surface area (Å²) >= 11 is 0. The van der Waals surface area contributed by atoms with Gasteiger partial charge in [-0.05, 0) is 36.5 Å². The molecule has 0 spiro atoms. The number of benzene rings is 1. The number of hydrogen-bond acceptors (Lipinski definition) is 4. The summed E-state index contributed by atoms with van der Waals surface area (Å²) in [6.45, 7) is 4.65. The molecule has 2 fully saturated rings. The Kier molecular flexibility index (Phi) is 9.57. The topological polar surface area (TPSA) is 33.7 Å². The van der Waals surface area contributed by atoms with Gasteiger partial charge >= 0.3 is 6.36 Å². The zero-order chi connectivity index (χ0) is 17.9. The van der Waals surface area contributed by atoms with Crippen LogP contribution >= 0.6 is 24.8 Å². The average molecular weight is 435 g/mol. The highest BCUT2D eigenvalue weighted by Gasteiger charge is 2.34. The summed E-state index contributed by atoms with van der Waals surface area (Å²) in [5.41, 5.74) is 0.695. The number of ether oxygens (including phenoxy) is 2. The summed E-state index contributed by atoms with van der Waals surface area (Å²) in [6, 6.07) is 3.78. The lowest BCUT2D eigenvalue weighted by Crippen LogP contribution is -2.47. The van der Waals surface area contributed by atoms with E-state index in [1.165, 1.54) is 6.07 Å². The molecule has 0 radical (unpaired) electrons. The molecule has 2 aliphatic heterocycles. The standard InChI is InChI=1S/C17H22F4N2O2.2ClH/c18-14-11-13(1-2-15(14)25-17(19,20)21)16(12-3-9-24-10-4-12)23-7-5-22-6-8-23;;/h1-2,11-12,16,22H,3-10H2;2*1H/t16-;;/m1../s1.